The Morgan fingerprint density at radius 3 is 2.64 bits per heavy atom. The summed E-state index contributed by atoms with van der Waals surface area (Å²) in [4.78, 5) is 12.3. The van der Waals surface area contributed by atoms with Crippen LogP contribution in [0.25, 0.3) is 0 Å². The number of aryl methyl sites for hydroxylation is 2. The largest absolute Gasteiger partial charge is 0.471 e. The monoisotopic (exact) mass is 403 g/mol. The van der Waals surface area contributed by atoms with Gasteiger partial charge in [0.2, 0.25) is 0 Å². The van der Waals surface area contributed by atoms with Crippen LogP contribution in [0.15, 0.2) is 47.3 Å². The number of ether oxygens (including phenoxy) is 1. The highest BCUT2D eigenvalue weighted by atomic mass is 79.9. The first kappa shape index (κ1) is 17.2. The average Bonchev–Trinajstić information content (AvgIpc) is 3.19. The van der Waals surface area contributed by atoms with Crippen molar-refractivity contribution in [3.8, 4) is 5.75 Å². The average molecular weight is 404 g/mol. The molecule has 0 aliphatic rings. The number of anilines is 1. The maximum absolute atomic E-state index is 12.3. The summed E-state index contributed by atoms with van der Waals surface area (Å²) >= 11 is 3.31. The number of aromatic nitrogens is 4. The molecule has 2 heterocycles. The van der Waals surface area contributed by atoms with Gasteiger partial charge in [-0.1, -0.05) is 19.1 Å². The Morgan fingerprint density at radius 2 is 2.00 bits per heavy atom. The second-order valence-corrected chi connectivity index (χ2v) is 6.31. The fourth-order valence-corrected chi connectivity index (χ4v) is 2.85. The lowest BCUT2D eigenvalue weighted by Gasteiger charge is -2.07. The van der Waals surface area contributed by atoms with E-state index in [-0.39, 0.29) is 12.6 Å². The van der Waals surface area contributed by atoms with E-state index in [1.807, 2.05) is 24.3 Å². The van der Waals surface area contributed by atoms with Gasteiger partial charge in [0.05, 0.1) is 28.8 Å². The smallest absolute Gasteiger partial charge is 0.275 e. The summed E-state index contributed by atoms with van der Waals surface area (Å²) in [5.41, 5.74) is 2.29. The number of benzene rings is 1. The molecule has 8 heteroatoms. The van der Waals surface area contributed by atoms with Gasteiger partial charge in [0.15, 0.2) is 6.73 Å². The molecule has 1 aromatic carbocycles. The van der Waals surface area contributed by atoms with Gasteiger partial charge < -0.3 is 10.1 Å². The molecule has 0 saturated heterocycles. The predicted octanol–water partition coefficient (Wildman–Crippen LogP) is 3.23. The van der Waals surface area contributed by atoms with Crippen LogP contribution in [0.1, 0.15) is 23.0 Å². The SMILES string of the molecule is CCc1ccc(OCn2cc(NC(=O)c3c(Br)cnn3C)cn2)cc1. The number of nitrogens with one attached hydrogen (secondary N) is 1. The third-order valence-corrected chi connectivity index (χ3v) is 4.28. The van der Waals surface area contributed by atoms with Crippen molar-refractivity contribution in [2.75, 3.05) is 5.32 Å². The molecule has 0 spiro atoms. The van der Waals surface area contributed by atoms with Crippen LogP contribution in [0.3, 0.4) is 0 Å². The van der Waals surface area contributed by atoms with E-state index in [0.29, 0.717) is 15.9 Å². The number of rotatable bonds is 6. The third-order valence-electron chi connectivity index (χ3n) is 3.70. The van der Waals surface area contributed by atoms with Crippen LogP contribution >= 0.6 is 15.9 Å². The number of carbonyl (C=O) groups is 1. The van der Waals surface area contributed by atoms with Gasteiger partial charge in [-0.05, 0) is 40.0 Å². The Labute approximate surface area is 153 Å². The number of amides is 1. The number of hydrogen-bond donors (Lipinski definition) is 1. The molecular formula is C17H18BrN5O2. The van der Waals surface area contributed by atoms with Gasteiger partial charge >= 0.3 is 0 Å². The Hall–Kier alpha value is -2.61. The number of halogens is 1. The fourth-order valence-electron chi connectivity index (χ4n) is 2.32. The minimum atomic E-state index is -0.262. The normalized spacial score (nSPS) is 10.7. The lowest BCUT2D eigenvalue weighted by Crippen LogP contribution is -2.16. The summed E-state index contributed by atoms with van der Waals surface area (Å²) in [5.74, 6) is 0.514. The Bertz CT molecular complexity index is 850. The molecule has 0 bridgehead atoms. The van der Waals surface area contributed by atoms with Gasteiger partial charge in [-0.25, -0.2) is 4.68 Å². The molecule has 1 N–H and O–H groups in total. The lowest BCUT2D eigenvalue weighted by atomic mass is 10.2. The second kappa shape index (κ2) is 7.52. The number of hydrogen-bond acceptors (Lipinski definition) is 4. The maximum Gasteiger partial charge on any atom is 0.275 e. The Balaban J connectivity index is 1.59. The van der Waals surface area contributed by atoms with Gasteiger partial charge in [-0.15, -0.1) is 0 Å². The van der Waals surface area contributed by atoms with Gasteiger partial charge in [0, 0.05) is 7.05 Å². The molecule has 3 aromatic rings. The van der Waals surface area contributed by atoms with Crippen molar-refractivity contribution in [1.29, 1.82) is 0 Å². The van der Waals surface area contributed by atoms with Crippen LogP contribution in [0.4, 0.5) is 5.69 Å². The molecule has 7 nitrogen and oxygen atoms in total. The molecular weight excluding hydrogens is 386 g/mol. The van der Waals surface area contributed by atoms with E-state index in [0.717, 1.165) is 12.2 Å². The molecule has 0 aliphatic carbocycles. The molecule has 2 aromatic heterocycles. The summed E-state index contributed by atoms with van der Waals surface area (Å²) in [6, 6.07) is 7.95. The maximum atomic E-state index is 12.3. The van der Waals surface area contributed by atoms with Crippen molar-refractivity contribution in [2.24, 2.45) is 7.05 Å². The van der Waals surface area contributed by atoms with Crippen molar-refractivity contribution in [3.05, 3.63) is 58.6 Å². The molecule has 0 aliphatic heterocycles. The highest BCUT2D eigenvalue weighted by Crippen LogP contribution is 2.17. The first-order valence-corrected chi connectivity index (χ1v) is 8.59. The van der Waals surface area contributed by atoms with E-state index in [1.54, 1.807) is 30.3 Å². The van der Waals surface area contributed by atoms with Gasteiger partial charge in [0.25, 0.3) is 5.91 Å². The van der Waals surface area contributed by atoms with Crippen LogP contribution in [0, 0.1) is 0 Å². The fraction of sp³-hybridized carbons (Fsp3) is 0.235. The zero-order chi connectivity index (χ0) is 17.8. The highest BCUT2D eigenvalue weighted by Gasteiger charge is 2.16. The van der Waals surface area contributed by atoms with E-state index in [9.17, 15) is 4.79 Å². The Kier molecular flexibility index (Phi) is 5.18. The summed E-state index contributed by atoms with van der Waals surface area (Å²) < 4.78 is 9.44. The highest BCUT2D eigenvalue weighted by molar-refractivity contribution is 9.10. The molecule has 3 rings (SSSR count). The quantitative estimate of drug-likeness (QED) is 0.685. The van der Waals surface area contributed by atoms with Gasteiger partial charge in [0.1, 0.15) is 11.4 Å². The van der Waals surface area contributed by atoms with E-state index in [1.165, 1.54) is 10.2 Å². The topological polar surface area (TPSA) is 74.0 Å². The van der Waals surface area contributed by atoms with Gasteiger partial charge in [-0.3, -0.25) is 9.48 Å². The van der Waals surface area contributed by atoms with Crippen LogP contribution in [0.2, 0.25) is 0 Å². The van der Waals surface area contributed by atoms with Crippen molar-refractivity contribution in [2.45, 2.75) is 20.1 Å². The summed E-state index contributed by atoms with van der Waals surface area (Å²) in [5, 5.41) is 11.0. The van der Waals surface area contributed by atoms with Crippen LogP contribution in [0.5, 0.6) is 5.75 Å². The predicted molar refractivity (Wildman–Crippen MR) is 97.5 cm³/mol. The zero-order valence-corrected chi connectivity index (χ0v) is 15.5. The molecule has 0 saturated carbocycles. The summed E-state index contributed by atoms with van der Waals surface area (Å²) in [7, 11) is 1.71. The first-order valence-electron chi connectivity index (χ1n) is 7.80. The summed E-state index contributed by atoms with van der Waals surface area (Å²) in [6.45, 7) is 2.37. The van der Waals surface area contributed by atoms with Gasteiger partial charge in [-0.2, -0.15) is 10.2 Å². The molecule has 0 unspecified atom stereocenters. The minimum Gasteiger partial charge on any atom is -0.471 e. The Morgan fingerprint density at radius 1 is 1.24 bits per heavy atom. The molecule has 0 radical (unpaired) electrons. The van der Waals surface area contributed by atoms with Crippen LogP contribution < -0.4 is 10.1 Å². The number of carbonyl (C=O) groups excluding carboxylic acids is 1. The molecule has 1 amide bonds. The van der Waals surface area contributed by atoms with Crippen molar-refractivity contribution < 1.29 is 9.53 Å². The van der Waals surface area contributed by atoms with E-state index in [4.69, 9.17) is 4.74 Å². The van der Waals surface area contributed by atoms with Crippen molar-refractivity contribution in [3.63, 3.8) is 0 Å². The zero-order valence-electron chi connectivity index (χ0n) is 13.9. The summed E-state index contributed by atoms with van der Waals surface area (Å²) in [6.07, 6.45) is 5.86. The third kappa shape index (κ3) is 4.08. The van der Waals surface area contributed by atoms with Crippen molar-refractivity contribution >= 4 is 27.5 Å². The molecule has 0 atom stereocenters. The molecule has 25 heavy (non-hydrogen) atoms. The molecule has 130 valence electrons. The van der Waals surface area contributed by atoms with E-state index >= 15 is 0 Å². The minimum absolute atomic E-state index is 0.261. The van der Waals surface area contributed by atoms with Crippen molar-refractivity contribution in [1.82, 2.24) is 19.6 Å². The second-order valence-electron chi connectivity index (χ2n) is 5.46. The number of nitrogens with zero attached hydrogens (tertiary/aromatic N) is 4. The first-order chi connectivity index (χ1) is 12.1. The van der Waals surface area contributed by atoms with Crippen LogP contribution in [-0.4, -0.2) is 25.5 Å². The standard InChI is InChI=1S/C17H18BrN5O2/c1-3-12-4-6-14(7-5-12)25-11-23-10-13(8-20-23)21-17(24)16-15(18)9-19-22(16)2/h4-10H,3,11H2,1-2H3,(H,21,24). The van der Waals surface area contributed by atoms with E-state index in [2.05, 4.69) is 38.4 Å². The van der Waals surface area contributed by atoms with Crippen LogP contribution in [-0.2, 0) is 20.2 Å². The lowest BCUT2D eigenvalue weighted by molar-refractivity contribution is 0.101. The molecule has 0 fully saturated rings. The van der Waals surface area contributed by atoms with E-state index < -0.39 is 0 Å².